The predicted molar refractivity (Wildman–Crippen MR) is 75.0 cm³/mol. The fourth-order valence-electron chi connectivity index (χ4n) is 2.05. The van der Waals surface area contributed by atoms with E-state index in [1.54, 1.807) is 24.3 Å². The van der Waals surface area contributed by atoms with Crippen molar-refractivity contribution in [3.8, 4) is 0 Å². The van der Waals surface area contributed by atoms with E-state index in [2.05, 4.69) is 4.72 Å². The third kappa shape index (κ3) is 4.18. The van der Waals surface area contributed by atoms with Gasteiger partial charge in [-0.2, -0.15) is 0 Å². The van der Waals surface area contributed by atoms with E-state index in [-0.39, 0.29) is 6.04 Å². The van der Waals surface area contributed by atoms with Crippen LogP contribution >= 0.6 is 11.6 Å². The van der Waals surface area contributed by atoms with Crippen molar-refractivity contribution in [1.82, 2.24) is 4.72 Å². The van der Waals surface area contributed by atoms with E-state index in [1.165, 1.54) is 0 Å². The van der Waals surface area contributed by atoms with Crippen molar-refractivity contribution in [3.63, 3.8) is 0 Å². The smallest absolute Gasteiger partial charge is 0.240 e. The SMILES string of the molecule is O=S(=O)(NC1CCOCC1)c1ccc(CCCl)cc1. The highest BCUT2D eigenvalue weighted by molar-refractivity contribution is 7.89. The summed E-state index contributed by atoms with van der Waals surface area (Å²) in [4.78, 5) is 0.303. The molecule has 1 aliphatic heterocycles. The van der Waals surface area contributed by atoms with Gasteiger partial charge in [0.15, 0.2) is 0 Å². The summed E-state index contributed by atoms with van der Waals surface area (Å²) in [6.07, 6.45) is 2.20. The van der Waals surface area contributed by atoms with E-state index in [0.29, 0.717) is 24.0 Å². The van der Waals surface area contributed by atoms with Gasteiger partial charge in [0, 0.05) is 25.1 Å². The molecule has 6 heteroatoms. The van der Waals surface area contributed by atoms with Crippen LogP contribution in [0.1, 0.15) is 18.4 Å². The molecule has 2 rings (SSSR count). The Morgan fingerprint density at radius 1 is 1.21 bits per heavy atom. The van der Waals surface area contributed by atoms with E-state index >= 15 is 0 Å². The van der Waals surface area contributed by atoms with E-state index in [1.807, 2.05) is 0 Å². The molecule has 0 spiro atoms. The monoisotopic (exact) mass is 303 g/mol. The lowest BCUT2D eigenvalue weighted by atomic mass is 10.1. The summed E-state index contributed by atoms with van der Waals surface area (Å²) in [5.74, 6) is 0.534. The molecule has 0 saturated carbocycles. The fraction of sp³-hybridized carbons (Fsp3) is 0.538. The van der Waals surface area contributed by atoms with Crippen LogP contribution in [0.4, 0.5) is 0 Å². The zero-order valence-electron chi connectivity index (χ0n) is 10.6. The van der Waals surface area contributed by atoms with Gasteiger partial charge in [-0.05, 0) is 37.0 Å². The second kappa shape index (κ2) is 6.70. The molecule has 0 amide bonds. The van der Waals surface area contributed by atoms with Crippen LogP contribution in [0.2, 0.25) is 0 Å². The maximum Gasteiger partial charge on any atom is 0.240 e. The molecule has 0 aliphatic carbocycles. The summed E-state index contributed by atoms with van der Waals surface area (Å²) in [5, 5.41) is 0. The minimum Gasteiger partial charge on any atom is -0.381 e. The second-order valence-corrected chi connectivity index (χ2v) is 6.68. The fourth-order valence-corrected chi connectivity index (χ4v) is 3.57. The zero-order chi connectivity index (χ0) is 13.7. The van der Waals surface area contributed by atoms with Gasteiger partial charge in [-0.3, -0.25) is 0 Å². The molecular weight excluding hydrogens is 286 g/mol. The minimum absolute atomic E-state index is 0.0266. The molecule has 0 atom stereocenters. The first-order chi connectivity index (χ1) is 9.12. The molecule has 0 aromatic heterocycles. The van der Waals surface area contributed by atoms with Crippen LogP contribution in [0.5, 0.6) is 0 Å². The lowest BCUT2D eigenvalue weighted by Crippen LogP contribution is -2.38. The Balaban J connectivity index is 2.05. The number of alkyl halides is 1. The number of hydrogen-bond acceptors (Lipinski definition) is 3. The van der Waals surface area contributed by atoms with Crippen molar-refractivity contribution in [1.29, 1.82) is 0 Å². The quantitative estimate of drug-likeness (QED) is 0.846. The normalized spacial score (nSPS) is 17.5. The molecule has 1 aliphatic rings. The van der Waals surface area contributed by atoms with Gasteiger partial charge >= 0.3 is 0 Å². The van der Waals surface area contributed by atoms with Crippen LogP contribution in [0.15, 0.2) is 29.2 Å². The Hall–Kier alpha value is -0.620. The number of benzene rings is 1. The molecular formula is C13H18ClNO3S. The van der Waals surface area contributed by atoms with Crippen LogP contribution in [0, 0.1) is 0 Å². The van der Waals surface area contributed by atoms with Gasteiger partial charge in [0.1, 0.15) is 0 Å². The Morgan fingerprint density at radius 3 is 2.42 bits per heavy atom. The Labute approximate surface area is 119 Å². The number of nitrogens with one attached hydrogen (secondary N) is 1. The molecule has 106 valence electrons. The van der Waals surface area contributed by atoms with E-state index in [0.717, 1.165) is 24.8 Å². The van der Waals surface area contributed by atoms with E-state index in [4.69, 9.17) is 16.3 Å². The highest BCUT2D eigenvalue weighted by atomic mass is 35.5. The maximum atomic E-state index is 12.2. The molecule has 1 fully saturated rings. The van der Waals surface area contributed by atoms with E-state index < -0.39 is 10.0 Å². The van der Waals surface area contributed by atoms with Crippen molar-refractivity contribution >= 4 is 21.6 Å². The van der Waals surface area contributed by atoms with Gasteiger partial charge in [0.05, 0.1) is 4.90 Å². The summed E-state index contributed by atoms with van der Waals surface area (Å²) >= 11 is 5.65. The molecule has 1 aromatic carbocycles. The second-order valence-electron chi connectivity index (χ2n) is 4.59. The summed E-state index contributed by atoms with van der Waals surface area (Å²) in [5.41, 5.74) is 1.04. The molecule has 1 aromatic rings. The largest absolute Gasteiger partial charge is 0.381 e. The van der Waals surface area contributed by atoms with Crippen LogP contribution in [0.3, 0.4) is 0 Å². The third-order valence-electron chi connectivity index (χ3n) is 3.16. The van der Waals surface area contributed by atoms with Gasteiger partial charge in [0.25, 0.3) is 0 Å². The highest BCUT2D eigenvalue weighted by Gasteiger charge is 2.21. The standard InChI is InChI=1S/C13H18ClNO3S/c14-8-5-11-1-3-13(4-2-11)19(16,17)15-12-6-9-18-10-7-12/h1-4,12,15H,5-10H2. The Kier molecular flexibility index (Phi) is 5.21. The van der Waals surface area contributed by atoms with E-state index in [9.17, 15) is 8.42 Å². The molecule has 4 nitrogen and oxygen atoms in total. The first-order valence-corrected chi connectivity index (χ1v) is 8.38. The Bertz CT molecular complexity index is 495. The lowest BCUT2D eigenvalue weighted by Gasteiger charge is -2.22. The van der Waals surface area contributed by atoms with Crippen molar-refractivity contribution in [2.75, 3.05) is 19.1 Å². The van der Waals surface area contributed by atoms with Crippen molar-refractivity contribution in [2.45, 2.75) is 30.2 Å². The summed E-state index contributed by atoms with van der Waals surface area (Å²) in [6, 6.07) is 6.84. The molecule has 1 heterocycles. The zero-order valence-corrected chi connectivity index (χ0v) is 12.2. The van der Waals surface area contributed by atoms with Crippen LogP contribution in [-0.4, -0.2) is 33.6 Å². The van der Waals surface area contributed by atoms with Crippen LogP contribution in [0.25, 0.3) is 0 Å². The van der Waals surface area contributed by atoms with Crippen molar-refractivity contribution in [3.05, 3.63) is 29.8 Å². The lowest BCUT2D eigenvalue weighted by molar-refractivity contribution is 0.0832. The summed E-state index contributed by atoms with van der Waals surface area (Å²) in [7, 11) is -3.43. The summed E-state index contributed by atoms with van der Waals surface area (Å²) < 4.78 is 32.3. The van der Waals surface area contributed by atoms with Crippen LogP contribution in [-0.2, 0) is 21.2 Å². The van der Waals surface area contributed by atoms with Crippen molar-refractivity contribution < 1.29 is 13.2 Å². The van der Waals surface area contributed by atoms with Crippen molar-refractivity contribution in [2.24, 2.45) is 0 Å². The predicted octanol–water partition coefficient (Wildman–Crippen LogP) is 1.93. The number of aryl methyl sites for hydroxylation is 1. The number of hydrogen-bond donors (Lipinski definition) is 1. The average Bonchev–Trinajstić information content (AvgIpc) is 2.40. The van der Waals surface area contributed by atoms with Gasteiger partial charge in [-0.1, -0.05) is 12.1 Å². The number of sulfonamides is 1. The number of halogens is 1. The molecule has 0 radical (unpaired) electrons. The highest BCUT2D eigenvalue weighted by Crippen LogP contribution is 2.14. The van der Waals surface area contributed by atoms with Crippen LogP contribution < -0.4 is 4.72 Å². The Morgan fingerprint density at radius 2 is 1.84 bits per heavy atom. The minimum atomic E-state index is -3.43. The topological polar surface area (TPSA) is 55.4 Å². The number of ether oxygens (including phenoxy) is 1. The molecule has 1 N–H and O–H groups in total. The molecule has 19 heavy (non-hydrogen) atoms. The third-order valence-corrected chi connectivity index (χ3v) is 4.89. The summed E-state index contributed by atoms with van der Waals surface area (Å²) in [6.45, 7) is 1.23. The first-order valence-electron chi connectivity index (χ1n) is 6.37. The molecule has 0 unspecified atom stereocenters. The van der Waals surface area contributed by atoms with Gasteiger partial charge < -0.3 is 4.74 Å². The first kappa shape index (κ1) is 14.8. The maximum absolute atomic E-state index is 12.2. The average molecular weight is 304 g/mol. The van der Waals surface area contributed by atoms with Gasteiger partial charge in [0.2, 0.25) is 10.0 Å². The van der Waals surface area contributed by atoms with Gasteiger partial charge in [-0.25, -0.2) is 13.1 Å². The molecule has 0 bridgehead atoms. The molecule has 1 saturated heterocycles. The number of rotatable bonds is 5. The van der Waals surface area contributed by atoms with Gasteiger partial charge in [-0.15, -0.1) is 11.6 Å².